The minimum absolute atomic E-state index is 0.0654. The Labute approximate surface area is 133 Å². The van der Waals surface area contributed by atoms with Crippen molar-refractivity contribution >= 4 is 12.1 Å². The zero-order chi connectivity index (χ0) is 16.0. The fraction of sp³-hybridized carbons (Fsp3) is 0.556. The van der Waals surface area contributed by atoms with Gasteiger partial charge in [0.1, 0.15) is 5.82 Å². The third-order valence-electron chi connectivity index (χ3n) is 3.53. The summed E-state index contributed by atoms with van der Waals surface area (Å²) < 4.78 is 12.7. The van der Waals surface area contributed by atoms with Gasteiger partial charge in [-0.2, -0.15) is 5.10 Å². The molecule has 0 aliphatic heterocycles. The zero-order valence-corrected chi connectivity index (χ0v) is 13.5. The van der Waals surface area contributed by atoms with Crippen molar-refractivity contribution in [2.75, 3.05) is 0 Å². The number of hydrogen-bond donors (Lipinski definition) is 1. The standard InChI is InChI=1S/C18H27FN2O/c1-2-3-4-5-6-7-8-9-10-18(22)21-20-15-16-11-13-17(19)14-12-16/h11-15H,2-10H2,1H3,(H,21,22)/b20-15+. The molecule has 0 aromatic heterocycles. The van der Waals surface area contributed by atoms with E-state index >= 15 is 0 Å². The summed E-state index contributed by atoms with van der Waals surface area (Å²) in [5, 5.41) is 3.87. The summed E-state index contributed by atoms with van der Waals surface area (Å²) >= 11 is 0. The summed E-state index contributed by atoms with van der Waals surface area (Å²) in [6, 6.07) is 5.96. The van der Waals surface area contributed by atoms with Crippen molar-refractivity contribution < 1.29 is 9.18 Å². The highest BCUT2D eigenvalue weighted by atomic mass is 19.1. The maximum atomic E-state index is 12.7. The first-order valence-electron chi connectivity index (χ1n) is 8.30. The van der Waals surface area contributed by atoms with Crippen LogP contribution in [0.3, 0.4) is 0 Å². The number of hydrazone groups is 1. The minimum atomic E-state index is -0.282. The van der Waals surface area contributed by atoms with E-state index in [1.807, 2.05) is 0 Å². The van der Waals surface area contributed by atoms with Gasteiger partial charge in [-0.15, -0.1) is 0 Å². The maximum absolute atomic E-state index is 12.7. The molecule has 0 atom stereocenters. The van der Waals surface area contributed by atoms with Crippen LogP contribution in [-0.2, 0) is 4.79 Å². The first kappa shape index (κ1) is 18.3. The lowest BCUT2D eigenvalue weighted by Gasteiger charge is -2.01. The van der Waals surface area contributed by atoms with Gasteiger partial charge in [-0.1, -0.05) is 64.0 Å². The van der Waals surface area contributed by atoms with Gasteiger partial charge in [0.25, 0.3) is 0 Å². The van der Waals surface area contributed by atoms with Crippen molar-refractivity contribution in [3.05, 3.63) is 35.6 Å². The Balaban J connectivity index is 2.02. The highest BCUT2D eigenvalue weighted by molar-refractivity contribution is 5.82. The second kappa shape index (κ2) is 11.9. The molecule has 122 valence electrons. The van der Waals surface area contributed by atoms with Crippen LogP contribution in [0.25, 0.3) is 0 Å². The summed E-state index contributed by atoms with van der Waals surface area (Å²) in [4.78, 5) is 11.6. The van der Waals surface area contributed by atoms with Gasteiger partial charge in [0.15, 0.2) is 0 Å². The molecule has 0 unspecified atom stereocenters. The Bertz CT molecular complexity index is 443. The number of halogens is 1. The van der Waals surface area contributed by atoms with Crippen LogP contribution in [0.15, 0.2) is 29.4 Å². The normalized spacial score (nSPS) is 11.0. The molecule has 4 heteroatoms. The number of carbonyl (C=O) groups is 1. The Morgan fingerprint density at radius 1 is 1.05 bits per heavy atom. The van der Waals surface area contributed by atoms with E-state index < -0.39 is 0 Å². The van der Waals surface area contributed by atoms with E-state index in [0.29, 0.717) is 6.42 Å². The Morgan fingerprint density at radius 3 is 2.27 bits per heavy atom. The molecule has 22 heavy (non-hydrogen) atoms. The molecule has 1 N–H and O–H groups in total. The van der Waals surface area contributed by atoms with Crippen molar-refractivity contribution in [3.63, 3.8) is 0 Å². The van der Waals surface area contributed by atoms with Gasteiger partial charge in [0, 0.05) is 6.42 Å². The molecule has 1 rings (SSSR count). The fourth-order valence-corrected chi connectivity index (χ4v) is 2.20. The van der Waals surface area contributed by atoms with E-state index in [9.17, 15) is 9.18 Å². The monoisotopic (exact) mass is 306 g/mol. The lowest BCUT2D eigenvalue weighted by atomic mass is 10.1. The SMILES string of the molecule is CCCCCCCCCCC(=O)N/N=C/c1ccc(F)cc1. The van der Waals surface area contributed by atoms with Gasteiger partial charge in [-0.3, -0.25) is 4.79 Å². The van der Waals surface area contributed by atoms with Crippen molar-refractivity contribution in [1.82, 2.24) is 5.43 Å². The Morgan fingerprint density at radius 2 is 1.64 bits per heavy atom. The number of carbonyl (C=O) groups excluding carboxylic acids is 1. The van der Waals surface area contributed by atoms with Gasteiger partial charge >= 0.3 is 0 Å². The molecule has 1 aromatic carbocycles. The second-order valence-corrected chi connectivity index (χ2v) is 5.57. The van der Waals surface area contributed by atoms with E-state index in [-0.39, 0.29) is 11.7 Å². The predicted molar refractivity (Wildman–Crippen MR) is 89.4 cm³/mol. The first-order valence-corrected chi connectivity index (χ1v) is 8.30. The molecule has 0 spiro atoms. The fourth-order valence-electron chi connectivity index (χ4n) is 2.20. The third kappa shape index (κ3) is 9.27. The number of unbranched alkanes of at least 4 members (excludes halogenated alkanes) is 7. The smallest absolute Gasteiger partial charge is 0.240 e. The second-order valence-electron chi connectivity index (χ2n) is 5.57. The number of amides is 1. The number of benzene rings is 1. The number of nitrogens with one attached hydrogen (secondary N) is 1. The molecule has 0 radical (unpaired) electrons. The van der Waals surface area contributed by atoms with Gasteiger partial charge in [-0.05, 0) is 24.1 Å². The lowest BCUT2D eigenvalue weighted by Crippen LogP contribution is -2.16. The highest BCUT2D eigenvalue weighted by Crippen LogP contribution is 2.09. The Hall–Kier alpha value is -1.71. The molecule has 0 bridgehead atoms. The van der Waals surface area contributed by atoms with Crippen LogP contribution in [0.2, 0.25) is 0 Å². The van der Waals surface area contributed by atoms with Gasteiger partial charge in [0.05, 0.1) is 6.21 Å². The molecule has 0 heterocycles. The highest BCUT2D eigenvalue weighted by Gasteiger charge is 1.99. The molecular formula is C18H27FN2O. The first-order chi connectivity index (χ1) is 10.7. The largest absolute Gasteiger partial charge is 0.273 e. The average Bonchev–Trinajstić information content (AvgIpc) is 2.52. The number of rotatable bonds is 11. The van der Waals surface area contributed by atoms with Crippen LogP contribution < -0.4 is 5.43 Å². The van der Waals surface area contributed by atoms with Crippen LogP contribution in [0.1, 0.15) is 70.3 Å². The van der Waals surface area contributed by atoms with Crippen molar-refractivity contribution in [1.29, 1.82) is 0 Å². The molecular weight excluding hydrogens is 279 g/mol. The van der Waals surface area contributed by atoms with Crippen molar-refractivity contribution in [2.45, 2.75) is 64.7 Å². The summed E-state index contributed by atoms with van der Waals surface area (Å²) in [5.74, 6) is -0.347. The lowest BCUT2D eigenvalue weighted by molar-refractivity contribution is -0.121. The molecule has 0 fully saturated rings. The molecule has 0 saturated carbocycles. The third-order valence-corrected chi connectivity index (χ3v) is 3.53. The van der Waals surface area contributed by atoms with E-state index in [4.69, 9.17) is 0 Å². The van der Waals surface area contributed by atoms with Crippen molar-refractivity contribution in [2.24, 2.45) is 5.10 Å². The topological polar surface area (TPSA) is 41.5 Å². The van der Waals surface area contributed by atoms with Gasteiger partial charge < -0.3 is 0 Å². The van der Waals surface area contributed by atoms with Crippen LogP contribution in [-0.4, -0.2) is 12.1 Å². The van der Waals surface area contributed by atoms with Crippen LogP contribution in [0.5, 0.6) is 0 Å². The van der Waals surface area contributed by atoms with Crippen LogP contribution in [0.4, 0.5) is 4.39 Å². The zero-order valence-electron chi connectivity index (χ0n) is 13.5. The van der Waals surface area contributed by atoms with Crippen LogP contribution >= 0.6 is 0 Å². The molecule has 1 amide bonds. The summed E-state index contributed by atoms with van der Waals surface area (Å²) in [5.41, 5.74) is 3.26. The number of nitrogens with zero attached hydrogens (tertiary/aromatic N) is 1. The van der Waals surface area contributed by atoms with Gasteiger partial charge in [-0.25, -0.2) is 9.82 Å². The molecule has 0 aliphatic rings. The van der Waals surface area contributed by atoms with Crippen molar-refractivity contribution in [3.8, 4) is 0 Å². The predicted octanol–water partition coefficient (Wildman–Crippen LogP) is 4.81. The van der Waals surface area contributed by atoms with Crippen LogP contribution in [0, 0.1) is 5.82 Å². The van der Waals surface area contributed by atoms with E-state index in [1.54, 1.807) is 12.1 Å². The summed E-state index contributed by atoms with van der Waals surface area (Å²) in [6.45, 7) is 2.22. The van der Waals surface area contributed by atoms with Gasteiger partial charge in [0.2, 0.25) is 5.91 Å². The van der Waals surface area contributed by atoms with E-state index in [1.165, 1.54) is 56.9 Å². The molecule has 0 saturated heterocycles. The molecule has 3 nitrogen and oxygen atoms in total. The number of hydrogen-bond acceptors (Lipinski definition) is 2. The molecule has 1 aromatic rings. The van der Waals surface area contributed by atoms with E-state index in [0.717, 1.165) is 18.4 Å². The molecule has 0 aliphatic carbocycles. The Kier molecular flexibility index (Phi) is 9.92. The quantitative estimate of drug-likeness (QED) is 0.356. The summed E-state index contributed by atoms with van der Waals surface area (Å²) in [6.07, 6.45) is 11.7. The maximum Gasteiger partial charge on any atom is 0.240 e. The minimum Gasteiger partial charge on any atom is -0.273 e. The summed E-state index contributed by atoms with van der Waals surface area (Å²) in [7, 11) is 0. The van der Waals surface area contributed by atoms with E-state index in [2.05, 4.69) is 17.5 Å². The average molecular weight is 306 g/mol.